The Bertz CT molecular complexity index is 602. The van der Waals surface area contributed by atoms with Gasteiger partial charge in [-0.2, -0.15) is 11.8 Å². The molecule has 0 radical (unpaired) electrons. The standard InChI is InChI=1S/C17H30N4O7S/c1-4-9(2)14(16(26)20-11(17(27)28)7-13(23)24)21-12(22)8-19-15(25)10(18)5-6-29-3/h9-11,14H,4-8,18H2,1-3H3,(H,19,25)(H,20,26)(H,21,22)(H,23,24)(H,27,28). The van der Waals surface area contributed by atoms with Gasteiger partial charge in [0.1, 0.15) is 12.1 Å². The number of carboxylic acid groups (broad SMARTS) is 2. The number of hydrogen-bond donors (Lipinski definition) is 6. The van der Waals surface area contributed by atoms with E-state index in [1.807, 2.05) is 6.26 Å². The van der Waals surface area contributed by atoms with Crippen LogP contribution in [0, 0.1) is 5.92 Å². The molecule has 29 heavy (non-hydrogen) atoms. The number of rotatable bonds is 14. The van der Waals surface area contributed by atoms with E-state index >= 15 is 0 Å². The number of hydrogen-bond acceptors (Lipinski definition) is 7. The van der Waals surface area contributed by atoms with Crippen molar-refractivity contribution in [1.29, 1.82) is 0 Å². The molecule has 0 aliphatic rings. The fourth-order valence-corrected chi connectivity index (χ4v) is 2.73. The second-order valence-electron chi connectivity index (χ2n) is 6.53. The fraction of sp³-hybridized carbons (Fsp3) is 0.706. The third-order valence-corrected chi connectivity index (χ3v) is 4.84. The molecule has 0 aromatic rings. The summed E-state index contributed by atoms with van der Waals surface area (Å²) in [5, 5.41) is 24.8. The van der Waals surface area contributed by atoms with Crippen LogP contribution in [0.15, 0.2) is 0 Å². The maximum Gasteiger partial charge on any atom is 0.326 e. The number of amides is 3. The van der Waals surface area contributed by atoms with Crippen LogP contribution >= 0.6 is 11.8 Å². The number of nitrogens with one attached hydrogen (secondary N) is 3. The van der Waals surface area contributed by atoms with Crippen molar-refractivity contribution in [2.45, 2.75) is 51.2 Å². The summed E-state index contributed by atoms with van der Waals surface area (Å²) in [7, 11) is 0. The lowest BCUT2D eigenvalue weighted by molar-refractivity contribution is -0.147. The van der Waals surface area contributed by atoms with Crippen molar-refractivity contribution in [3.05, 3.63) is 0 Å². The summed E-state index contributed by atoms with van der Waals surface area (Å²) in [5.74, 6) is -4.52. The highest BCUT2D eigenvalue weighted by Gasteiger charge is 2.31. The molecule has 0 fully saturated rings. The molecule has 0 aliphatic carbocycles. The van der Waals surface area contributed by atoms with Crippen LogP contribution in [0.2, 0.25) is 0 Å². The van der Waals surface area contributed by atoms with Crippen LogP contribution in [0.5, 0.6) is 0 Å². The van der Waals surface area contributed by atoms with E-state index < -0.39 is 60.8 Å². The maximum atomic E-state index is 12.4. The van der Waals surface area contributed by atoms with Crippen molar-refractivity contribution in [3.8, 4) is 0 Å². The van der Waals surface area contributed by atoms with Crippen molar-refractivity contribution in [3.63, 3.8) is 0 Å². The SMILES string of the molecule is CCC(C)C(NC(=O)CNC(=O)C(N)CCSC)C(=O)NC(CC(=O)O)C(=O)O. The largest absolute Gasteiger partial charge is 0.481 e. The Morgan fingerprint density at radius 2 is 1.69 bits per heavy atom. The first-order chi connectivity index (χ1) is 13.5. The molecule has 12 heteroatoms. The van der Waals surface area contributed by atoms with Gasteiger partial charge in [-0.15, -0.1) is 0 Å². The molecule has 7 N–H and O–H groups in total. The van der Waals surface area contributed by atoms with Crippen molar-refractivity contribution < 1.29 is 34.2 Å². The Morgan fingerprint density at radius 3 is 2.17 bits per heavy atom. The molecule has 0 saturated carbocycles. The minimum Gasteiger partial charge on any atom is -0.481 e. The maximum absolute atomic E-state index is 12.4. The minimum atomic E-state index is -1.63. The van der Waals surface area contributed by atoms with Gasteiger partial charge in [0.2, 0.25) is 17.7 Å². The smallest absolute Gasteiger partial charge is 0.326 e. The van der Waals surface area contributed by atoms with E-state index in [1.54, 1.807) is 13.8 Å². The number of aliphatic carboxylic acids is 2. The van der Waals surface area contributed by atoms with Crippen LogP contribution < -0.4 is 21.7 Å². The highest BCUT2D eigenvalue weighted by atomic mass is 32.2. The molecule has 11 nitrogen and oxygen atoms in total. The lowest BCUT2D eigenvalue weighted by atomic mass is 9.97. The van der Waals surface area contributed by atoms with Gasteiger partial charge in [0, 0.05) is 0 Å². The average molecular weight is 435 g/mol. The summed E-state index contributed by atoms with van der Waals surface area (Å²) in [6.45, 7) is 3.05. The van der Waals surface area contributed by atoms with E-state index in [2.05, 4.69) is 16.0 Å². The third-order valence-electron chi connectivity index (χ3n) is 4.20. The minimum absolute atomic E-state index is 0.363. The van der Waals surface area contributed by atoms with Crippen molar-refractivity contribution in [2.24, 2.45) is 11.7 Å². The van der Waals surface area contributed by atoms with Gasteiger partial charge in [-0.1, -0.05) is 20.3 Å². The summed E-state index contributed by atoms with van der Waals surface area (Å²) < 4.78 is 0. The van der Waals surface area contributed by atoms with Crippen LogP contribution in [-0.4, -0.2) is 76.6 Å². The molecule has 0 heterocycles. The second kappa shape index (κ2) is 13.8. The van der Waals surface area contributed by atoms with Crippen molar-refractivity contribution in [2.75, 3.05) is 18.6 Å². The molecule has 0 aromatic heterocycles. The molecule has 0 aromatic carbocycles. The number of carboxylic acids is 2. The molecule has 0 spiro atoms. The van der Waals surface area contributed by atoms with E-state index in [9.17, 15) is 24.0 Å². The Kier molecular flexibility index (Phi) is 12.7. The van der Waals surface area contributed by atoms with Crippen molar-refractivity contribution >= 4 is 41.4 Å². The van der Waals surface area contributed by atoms with Gasteiger partial charge in [0.05, 0.1) is 19.0 Å². The quantitative estimate of drug-likeness (QED) is 0.194. The Balaban J connectivity index is 4.91. The van der Waals surface area contributed by atoms with E-state index in [1.165, 1.54) is 11.8 Å². The zero-order chi connectivity index (χ0) is 22.6. The van der Waals surface area contributed by atoms with E-state index in [-0.39, 0.29) is 5.92 Å². The third kappa shape index (κ3) is 10.7. The summed E-state index contributed by atoms with van der Waals surface area (Å²) in [5.41, 5.74) is 5.71. The second-order valence-corrected chi connectivity index (χ2v) is 7.52. The highest BCUT2D eigenvalue weighted by Crippen LogP contribution is 2.09. The summed E-state index contributed by atoms with van der Waals surface area (Å²) in [4.78, 5) is 58.4. The monoisotopic (exact) mass is 434 g/mol. The van der Waals surface area contributed by atoms with E-state index in [4.69, 9.17) is 15.9 Å². The first-order valence-corrected chi connectivity index (χ1v) is 10.5. The van der Waals surface area contributed by atoms with Gasteiger partial charge in [0.25, 0.3) is 0 Å². The Morgan fingerprint density at radius 1 is 1.07 bits per heavy atom. The molecule has 0 rings (SSSR count). The van der Waals surface area contributed by atoms with Crippen LogP contribution in [0.25, 0.3) is 0 Å². The van der Waals surface area contributed by atoms with Crippen LogP contribution in [-0.2, 0) is 24.0 Å². The molecular formula is C17H30N4O7S. The lowest BCUT2D eigenvalue weighted by Gasteiger charge is -2.25. The van der Waals surface area contributed by atoms with Crippen molar-refractivity contribution in [1.82, 2.24) is 16.0 Å². The van der Waals surface area contributed by atoms with Crippen LogP contribution in [0.3, 0.4) is 0 Å². The predicted molar refractivity (Wildman–Crippen MR) is 107 cm³/mol. The summed E-state index contributed by atoms with van der Waals surface area (Å²) in [6.07, 6.45) is 2.02. The molecule has 166 valence electrons. The summed E-state index contributed by atoms with van der Waals surface area (Å²) in [6, 6.07) is -3.47. The number of carbonyl (C=O) groups excluding carboxylic acids is 3. The normalized spacial score (nSPS) is 14.8. The molecular weight excluding hydrogens is 404 g/mol. The highest BCUT2D eigenvalue weighted by molar-refractivity contribution is 7.98. The zero-order valence-corrected chi connectivity index (χ0v) is 17.6. The predicted octanol–water partition coefficient (Wildman–Crippen LogP) is -1.24. The number of carbonyl (C=O) groups is 5. The molecule has 3 amide bonds. The first kappa shape index (κ1) is 26.7. The van der Waals surface area contributed by atoms with Gasteiger partial charge in [-0.3, -0.25) is 19.2 Å². The van der Waals surface area contributed by atoms with Gasteiger partial charge in [-0.05, 0) is 24.3 Å². The van der Waals surface area contributed by atoms with Gasteiger partial charge < -0.3 is 31.9 Å². The molecule has 0 aliphatic heterocycles. The van der Waals surface area contributed by atoms with E-state index in [0.29, 0.717) is 18.6 Å². The molecule has 0 saturated heterocycles. The lowest BCUT2D eigenvalue weighted by Crippen LogP contribution is -2.56. The number of nitrogens with two attached hydrogens (primary N) is 1. The van der Waals surface area contributed by atoms with Crippen LogP contribution in [0.1, 0.15) is 33.1 Å². The Labute approximate surface area is 173 Å². The van der Waals surface area contributed by atoms with Gasteiger partial charge in [-0.25, -0.2) is 4.79 Å². The van der Waals surface area contributed by atoms with E-state index in [0.717, 1.165) is 0 Å². The number of thioether (sulfide) groups is 1. The Hall–Kier alpha value is -2.34. The van der Waals surface area contributed by atoms with Crippen LogP contribution in [0.4, 0.5) is 0 Å². The topological polar surface area (TPSA) is 188 Å². The molecule has 4 unspecified atom stereocenters. The molecule has 0 bridgehead atoms. The average Bonchev–Trinajstić information content (AvgIpc) is 2.66. The first-order valence-electron chi connectivity index (χ1n) is 9.09. The fourth-order valence-electron chi connectivity index (χ4n) is 2.24. The van der Waals surface area contributed by atoms with Gasteiger partial charge >= 0.3 is 11.9 Å². The molecule has 4 atom stereocenters. The van der Waals surface area contributed by atoms with Gasteiger partial charge in [0.15, 0.2) is 0 Å². The zero-order valence-electron chi connectivity index (χ0n) is 16.8. The summed E-state index contributed by atoms with van der Waals surface area (Å²) >= 11 is 1.54.